The van der Waals surface area contributed by atoms with Crippen LogP contribution in [0.3, 0.4) is 0 Å². The van der Waals surface area contributed by atoms with E-state index in [-0.39, 0.29) is 6.03 Å². The van der Waals surface area contributed by atoms with Crippen molar-refractivity contribution in [1.82, 2.24) is 9.99 Å². The van der Waals surface area contributed by atoms with Gasteiger partial charge in [-0.3, -0.25) is 4.98 Å². The molecule has 0 fully saturated rings. The first kappa shape index (κ1) is 16.3. The maximum Gasteiger partial charge on any atom is 0.342 e. The largest absolute Gasteiger partial charge is 0.342 e. The van der Waals surface area contributed by atoms with Crippen molar-refractivity contribution in [3.63, 3.8) is 0 Å². The van der Waals surface area contributed by atoms with Gasteiger partial charge in [-0.25, -0.2) is 9.80 Å². The number of benzene rings is 2. The highest BCUT2D eigenvalue weighted by Gasteiger charge is 2.22. The number of hydrogen-bond acceptors (Lipinski definition) is 3. The molecule has 1 aromatic heterocycles. The van der Waals surface area contributed by atoms with Crippen molar-refractivity contribution >= 4 is 29.5 Å². The average molecular weight is 363 g/mol. The van der Waals surface area contributed by atoms with Crippen LogP contribution in [0.5, 0.6) is 0 Å². The SMILES string of the molecule is O=C1Nc2ccc(-c3ccc(Cl)cc3)cc2CN1/N=C/c1cccnc1. The number of carbonyl (C=O) groups is 1. The molecule has 2 heterocycles. The molecular formula is C20H15ClN4O. The zero-order valence-corrected chi connectivity index (χ0v) is 14.5. The molecule has 0 spiro atoms. The van der Waals surface area contributed by atoms with Crippen LogP contribution in [-0.4, -0.2) is 22.2 Å². The number of pyridine rings is 1. The van der Waals surface area contributed by atoms with Gasteiger partial charge in [0.05, 0.1) is 12.8 Å². The van der Waals surface area contributed by atoms with Crippen molar-refractivity contribution in [2.75, 3.05) is 5.32 Å². The predicted molar refractivity (Wildman–Crippen MR) is 103 cm³/mol. The second kappa shape index (κ2) is 6.98. The number of fused-ring (bicyclic) bond motifs is 1. The fraction of sp³-hybridized carbons (Fsp3) is 0.0500. The topological polar surface area (TPSA) is 57.6 Å². The number of hydrazone groups is 1. The molecule has 3 aromatic rings. The third kappa shape index (κ3) is 3.43. The minimum absolute atomic E-state index is 0.253. The number of urea groups is 1. The van der Waals surface area contributed by atoms with Crippen LogP contribution in [0.1, 0.15) is 11.1 Å². The smallest absolute Gasteiger partial charge is 0.306 e. The Hall–Kier alpha value is -3.18. The quantitative estimate of drug-likeness (QED) is 0.681. The molecule has 2 amide bonds. The third-order valence-corrected chi connectivity index (χ3v) is 4.36. The van der Waals surface area contributed by atoms with E-state index in [1.807, 2.05) is 48.5 Å². The van der Waals surface area contributed by atoms with Gasteiger partial charge >= 0.3 is 6.03 Å². The number of aromatic nitrogens is 1. The molecule has 4 rings (SSSR count). The molecular weight excluding hydrogens is 348 g/mol. The lowest BCUT2D eigenvalue weighted by atomic mass is 10.0. The van der Waals surface area contributed by atoms with E-state index in [1.165, 1.54) is 5.01 Å². The van der Waals surface area contributed by atoms with E-state index >= 15 is 0 Å². The standard InChI is InChI=1S/C20H15ClN4O/c21-18-6-3-15(4-7-18)16-5-8-19-17(10-16)13-25(20(26)24-19)23-12-14-2-1-9-22-11-14/h1-12H,13H2,(H,24,26)/b23-12+. The van der Waals surface area contributed by atoms with Crippen molar-refractivity contribution in [1.29, 1.82) is 0 Å². The van der Waals surface area contributed by atoms with Crippen LogP contribution in [0.2, 0.25) is 5.02 Å². The summed E-state index contributed by atoms with van der Waals surface area (Å²) in [6, 6.07) is 17.1. The molecule has 0 aliphatic carbocycles. The number of hydrogen-bond donors (Lipinski definition) is 1. The van der Waals surface area contributed by atoms with E-state index in [4.69, 9.17) is 11.6 Å². The lowest BCUT2D eigenvalue weighted by molar-refractivity contribution is 0.209. The normalized spacial score (nSPS) is 13.6. The lowest BCUT2D eigenvalue weighted by Gasteiger charge is -2.25. The van der Waals surface area contributed by atoms with Gasteiger partial charge in [0.1, 0.15) is 0 Å². The molecule has 0 bridgehead atoms. The summed E-state index contributed by atoms with van der Waals surface area (Å²) < 4.78 is 0. The number of carbonyl (C=O) groups excluding carboxylic acids is 1. The van der Waals surface area contributed by atoms with Crippen LogP contribution in [0.15, 0.2) is 72.1 Å². The van der Waals surface area contributed by atoms with Crippen molar-refractivity contribution in [2.45, 2.75) is 6.54 Å². The van der Waals surface area contributed by atoms with E-state index in [2.05, 4.69) is 21.5 Å². The first-order valence-corrected chi connectivity index (χ1v) is 8.48. The monoisotopic (exact) mass is 362 g/mol. The van der Waals surface area contributed by atoms with Crippen LogP contribution in [0.4, 0.5) is 10.5 Å². The lowest BCUT2D eigenvalue weighted by Crippen LogP contribution is -2.35. The van der Waals surface area contributed by atoms with Crippen LogP contribution in [-0.2, 0) is 6.54 Å². The van der Waals surface area contributed by atoms with Gasteiger partial charge < -0.3 is 5.32 Å². The summed E-state index contributed by atoms with van der Waals surface area (Å²) in [6.07, 6.45) is 5.01. The Bertz CT molecular complexity index is 971. The molecule has 128 valence electrons. The van der Waals surface area contributed by atoms with Gasteiger partial charge in [0.25, 0.3) is 0 Å². The maximum absolute atomic E-state index is 12.2. The summed E-state index contributed by atoms with van der Waals surface area (Å²) >= 11 is 5.96. The molecule has 2 aromatic carbocycles. The Balaban J connectivity index is 1.59. The maximum atomic E-state index is 12.2. The zero-order chi connectivity index (χ0) is 17.9. The van der Waals surface area contributed by atoms with Crippen molar-refractivity contribution in [3.05, 3.63) is 83.1 Å². The van der Waals surface area contributed by atoms with Crippen molar-refractivity contribution in [3.8, 4) is 11.1 Å². The Kier molecular flexibility index (Phi) is 4.37. The number of anilines is 1. The molecule has 1 aliphatic rings. The summed E-state index contributed by atoms with van der Waals surface area (Å²) in [4.78, 5) is 16.3. The van der Waals surface area contributed by atoms with Crippen molar-refractivity contribution in [2.24, 2.45) is 5.10 Å². The molecule has 0 saturated carbocycles. The Morgan fingerprint density at radius 1 is 1.12 bits per heavy atom. The first-order valence-electron chi connectivity index (χ1n) is 8.10. The molecule has 6 heteroatoms. The highest BCUT2D eigenvalue weighted by atomic mass is 35.5. The fourth-order valence-electron chi connectivity index (χ4n) is 2.76. The molecule has 0 saturated heterocycles. The summed E-state index contributed by atoms with van der Waals surface area (Å²) in [6.45, 7) is 0.402. The number of rotatable bonds is 3. The van der Waals surface area contributed by atoms with Crippen LogP contribution < -0.4 is 5.32 Å². The summed E-state index contributed by atoms with van der Waals surface area (Å²) in [7, 11) is 0. The summed E-state index contributed by atoms with van der Waals surface area (Å²) in [5.74, 6) is 0. The van der Waals surface area contributed by atoms with Gasteiger partial charge in [-0.1, -0.05) is 35.9 Å². The number of nitrogens with one attached hydrogen (secondary N) is 1. The fourth-order valence-corrected chi connectivity index (χ4v) is 2.89. The molecule has 0 radical (unpaired) electrons. The van der Waals surface area contributed by atoms with Gasteiger partial charge in [-0.15, -0.1) is 0 Å². The van der Waals surface area contributed by atoms with Crippen LogP contribution >= 0.6 is 11.6 Å². The molecule has 26 heavy (non-hydrogen) atoms. The molecule has 0 atom stereocenters. The predicted octanol–water partition coefficient (Wildman–Crippen LogP) is 4.78. The Morgan fingerprint density at radius 2 is 1.92 bits per heavy atom. The summed E-state index contributed by atoms with van der Waals surface area (Å²) in [5, 5.41) is 9.26. The number of nitrogens with zero attached hydrogens (tertiary/aromatic N) is 3. The van der Waals surface area contributed by atoms with E-state index < -0.39 is 0 Å². The highest BCUT2D eigenvalue weighted by molar-refractivity contribution is 6.30. The number of amides is 2. The van der Waals surface area contributed by atoms with Gasteiger partial charge in [0.15, 0.2) is 0 Å². The molecule has 1 N–H and O–H groups in total. The van der Waals surface area contributed by atoms with Crippen LogP contribution in [0.25, 0.3) is 11.1 Å². The molecule has 0 unspecified atom stereocenters. The Labute approximate surface area is 155 Å². The van der Waals surface area contributed by atoms with E-state index in [0.29, 0.717) is 11.6 Å². The molecule has 1 aliphatic heterocycles. The van der Waals surface area contributed by atoms with Gasteiger partial charge in [0, 0.05) is 28.7 Å². The minimum atomic E-state index is -0.253. The second-order valence-corrected chi connectivity index (χ2v) is 6.33. The highest BCUT2D eigenvalue weighted by Crippen LogP contribution is 2.29. The van der Waals surface area contributed by atoms with Gasteiger partial charge in [-0.05, 0) is 47.0 Å². The van der Waals surface area contributed by atoms with E-state index in [0.717, 1.165) is 27.9 Å². The third-order valence-electron chi connectivity index (χ3n) is 4.11. The Morgan fingerprint density at radius 3 is 2.69 bits per heavy atom. The summed E-state index contributed by atoms with van der Waals surface area (Å²) in [5.41, 5.74) is 4.77. The first-order chi connectivity index (χ1) is 12.7. The average Bonchev–Trinajstić information content (AvgIpc) is 2.67. The number of halogens is 1. The van der Waals surface area contributed by atoms with E-state index in [1.54, 1.807) is 18.6 Å². The van der Waals surface area contributed by atoms with Crippen LogP contribution in [0, 0.1) is 0 Å². The second-order valence-electron chi connectivity index (χ2n) is 5.90. The van der Waals surface area contributed by atoms with Gasteiger partial charge in [-0.2, -0.15) is 5.10 Å². The van der Waals surface area contributed by atoms with Crippen molar-refractivity contribution < 1.29 is 4.79 Å². The van der Waals surface area contributed by atoms with Gasteiger partial charge in [0.2, 0.25) is 0 Å². The van der Waals surface area contributed by atoms with E-state index in [9.17, 15) is 4.79 Å². The molecule has 5 nitrogen and oxygen atoms in total. The zero-order valence-electron chi connectivity index (χ0n) is 13.8. The minimum Gasteiger partial charge on any atom is -0.306 e.